The van der Waals surface area contributed by atoms with Gasteiger partial charge in [0.1, 0.15) is 0 Å². The van der Waals surface area contributed by atoms with Gasteiger partial charge in [-0.3, -0.25) is 4.99 Å². The predicted molar refractivity (Wildman–Crippen MR) is 121 cm³/mol. The van der Waals surface area contributed by atoms with Gasteiger partial charge in [-0.05, 0) is 44.4 Å². The average molecular weight is 415 g/mol. The summed E-state index contributed by atoms with van der Waals surface area (Å²) in [5, 5.41) is 16.3. The summed E-state index contributed by atoms with van der Waals surface area (Å²) in [7, 11) is 1.73. The van der Waals surface area contributed by atoms with Gasteiger partial charge in [0.2, 0.25) is 0 Å². The minimum Gasteiger partial charge on any atom is -0.359 e. The lowest BCUT2D eigenvalue weighted by molar-refractivity contribution is 0.250. The highest BCUT2D eigenvalue weighted by atomic mass is 16.5. The van der Waals surface area contributed by atoms with E-state index in [4.69, 9.17) is 4.52 Å². The van der Waals surface area contributed by atoms with Crippen LogP contribution in [0.1, 0.15) is 63.5 Å². The van der Waals surface area contributed by atoms with E-state index in [1.54, 1.807) is 7.05 Å². The van der Waals surface area contributed by atoms with Crippen LogP contribution in [0.4, 0.5) is 10.5 Å². The molecule has 0 saturated carbocycles. The van der Waals surface area contributed by atoms with Gasteiger partial charge in [-0.15, -0.1) is 0 Å². The van der Waals surface area contributed by atoms with E-state index in [0.717, 1.165) is 35.5 Å². The van der Waals surface area contributed by atoms with Gasteiger partial charge >= 0.3 is 6.03 Å². The van der Waals surface area contributed by atoms with Crippen molar-refractivity contribution in [1.82, 2.24) is 21.1 Å². The summed E-state index contributed by atoms with van der Waals surface area (Å²) >= 11 is 0. The van der Waals surface area contributed by atoms with Crippen molar-refractivity contribution < 1.29 is 9.32 Å². The van der Waals surface area contributed by atoms with Crippen molar-refractivity contribution in [3.63, 3.8) is 0 Å². The molecule has 0 fully saturated rings. The van der Waals surface area contributed by atoms with Crippen molar-refractivity contribution in [2.24, 2.45) is 4.99 Å². The summed E-state index contributed by atoms with van der Waals surface area (Å²) < 4.78 is 5.44. The van der Waals surface area contributed by atoms with Crippen molar-refractivity contribution in [3.05, 3.63) is 47.3 Å². The Balaban J connectivity index is 1.81. The number of nitrogens with zero attached hydrogens (tertiary/aromatic N) is 2. The minimum absolute atomic E-state index is 0.0935. The third-order valence-electron chi connectivity index (χ3n) is 4.73. The first-order chi connectivity index (χ1) is 14.4. The Morgan fingerprint density at radius 3 is 2.37 bits per heavy atom. The van der Waals surface area contributed by atoms with Crippen LogP contribution in [0.2, 0.25) is 0 Å². The molecule has 30 heavy (non-hydrogen) atoms. The zero-order valence-electron chi connectivity index (χ0n) is 18.6. The Kier molecular flexibility index (Phi) is 9.18. The number of nitrogens with one attached hydrogen (secondary N) is 4. The number of hydrogen-bond donors (Lipinski definition) is 4. The summed E-state index contributed by atoms with van der Waals surface area (Å²) in [6, 6.07) is 9.57. The summed E-state index contributed by atoms with van der Waals surface area (Å²) in [6.45, 7) is 9.28. The van der Waals surface area contributed by atoms with Gasteiger partial charge in [0.25, 0.3) is 0 Å². The molecule has 1 aromatic carbocycles. The maximum atomic E-state index is 11.8. The number of aromatic nitrogens is 1. The molecule has 0 atom stereocenters. The SMILES string of the molecule is CCC(CC)c1cc(CNC(=NC)NCc2ccc(NC(=O)NC(C)C)cc2)on1. The Morgan fingerprint density at radius 1 is 1.10 bits per heavy atom. The molecule has 2 amide bonds. The Hall–Kier alpha value is -3.03. The van der Waals surface area contributed by atoms with E-state index in [1.807, 2.05) is 44.2 Å². The van der Waals surface area contributed by atoms with E-state index in [-0.39, 0.29) is 12.1 Å². The van der Waals surface area contributed by atoms with Gasteiger partial charge in [0, 0.05) is 37.3 Å². The van der Waals surface area contributed by atoms with E-state index in [9.17, 15) is 4.79 Å². The molecule has 8 nitrogen and oxygen atoms in total. The number of aliphatic imine (C=N–C) groups is 1. The highest BCUT2D eigenvalue weighted by Crippen LogP contribution is 2.22. The summed E-state index contributed by atoms with van der Waals surface area (Å²) in [4.78, 5) is 16.0. The fourth-order valence-corrected chi connectivity index (χ4v) is 3.02. The number of amides is 2. The van der Waals surface area contributed by atoms with Crippen LogP contribution in [0, 0.1) is 0 Å². The van der Waals surface area contributed by atoms with Gasteiger partial charge in [-0.1, -0.05) is 31.1 Å². The van der Waals surface area contributed by atoms with Crippen LogP contribution in [-0.2, 0) is 13.1 Å². The smallest absolute Gasteiger partial charge is 0.319 e. The Bertz CT molecular complexity index is 809. The molecular weight excluding hydrogens is 380 g/mol. The van der Waals surface area contributed by atoms with E-state index >= 15 is 0 Å². The van der Waals surface area contributed by atoms with Crippen LogP contribution < -0.4 is 21.3 Å². The number of urea groups is 1. The molecule has 4 N–H and O–H groups in total. The maximum absolute atomic E-state index is 11.8. The first-order valence-electron chi connectivity index (χ1n) is 10.5. The predicted octanol–water partition coefficient (Wildman–Crippen LogP) is 3.97. The molecule has 0 radical (unpaired) electrons. The molecule has 8 heteroatoms. The lowest BCUT2D eigenvalue weighted by atomic mass is 9.99. The average Bonchev–Trinajstić information content (AvgIpc) is 3.18. The molecule has 0 unspecified atom stereocenters. The molecule has 1 heterocycles. The second kappa shape index (κ2) is 11.8. The molecule has 0 bridgehead atoms. The number of hydrogen-bond acceptors (Lipinski definition) is 4. The van der Waals surface area contributed by atoms with Gasteiger partial charge in [-0.25, -0.2) is 4.79 Å². The number of carbonyl (C=O) groups excluding carboxylic acids is 1. The normalized spacial score (nSPS) is 11.6. The number of anilines is 1. The third-order valence-corrected chi connectivity index (χ3v) is 4.73. The second-order valence-electron chi connectivity index (χ2n) is 7.46. The number of benzene rings is 1. The van der Waals surface area contributed by atoms with Crippen LogP contribution >= 0.6 is 0 Å². The topological polar surface area (TPSA) is 104 Å². The van der Waals surface area contributed by atoms with E-state index < -0.39 is 0 Å². The first kappa shape index (κ1) is 23.3. The molecule has 2 rings (SSSR count). The third kappa shape index (κ3) is 7.42. The number of guanidine groups is 1. The highest BCUT2D eigenvalue weighted by Gasteiger charge is 2.13. The van der Waals surface area contributed by atoms with Crippen molar-refractivity contribution in [2.75, 3.05) is 12.4 Å². The molecule has 0 aliphatic heterocycles. The van der Waals surface area contributed by atoms with E-state index in [2.05, 4.69) is 45.3 Å². The summed E-state index contributed by atoms with van der Waals surface area (Å²) in [5.41, 5.74) is 2.83. The van der Waals surface area contributed by atoms with Gasteiger partial charge in [0.05, 0.1) is 12.2 Å². The quantitative estimate of drug-likeness (QED) is 0.367. The fourth-order valence-electron chi connectivity index (χ4n) is 3.02. The molecule has 0 aliphatic rings. The molecule has 164 valence electrons. The zero-order chi connectivity index (χ0) is 21.9. The molecular formula is C22H34N6O2. The van der Waals surface area contributed by atoms with Gasteiger partial charge in [0.15, 0.2) is 11.7 Å². The van der Waals surface area contributed by atoms with Gasteiger partial charge in [-0.2, -0.15) is 0 Å². The fraction of sp³-hybridized carbons (Fsp3) is 0.500. The van der Waals surface area contributed by atoms with Crippen molar-refractivity contribution in [1.29, 1.82) is 0 Å². The largest absolute Gasteiger partial charge is 0.359 e. The van der Waals surface area contributed by atoms with Crippen LogP contribution in [0.15, 0.2) is 39.8 Å². The van der Waals surface area contributed by atoms with Crippen molar-refractivity contribution >= 4 is 17.7 Å². The minimum atomic E-state index is -0.208. The summed E-state index contributed by atoms with van der Waals surface area (Å²) in [5.74, 6) is 1.90. The second-order valence-corrected chi connectivity index (χ2v) is 7.46. The standard InChI is InChI=1S/C22H34N6O2/c1-6-17(7-2)20-12-19(30-28-20)14-25-21(23-5)24-13-16-8-10-18(11-9-16)27-22(29)26-15(3)4/h8-12,15,17H,6-7,13-14H2,1-5H3,(H2,23,24,25)(H2,26,27,29). The van der Waals surface area contributed by atoms with Crippen LogP contribution in [-0.4, -0.2) is 30.2 Å². The molecule has 1 aromatic heterocycles. The van der Waals surface area contributed by atoms with E-state index in [0.29, 0.717) is 25.0 Å². The molecule has 0 spiro atoms. The molecule has 2 aromatic rings. The lowest BCUT2D eigenvalue weighted by Gasteiger charge is -2.12. The summed E-state index contributed by atoms with van der Waals surface area (Å²) in [6.07, 6.45) is 2.10. The van der Waals surface area contributed by atoms with E-state index in [1.165, 1.54) is 0 Å². The van der Waals surface area contributed by atoms with Crippen LogP contribution in [0.3, 0.4) is 0 Å². The maximum Gasteiger partial charge on any atom is 0.319 e. The number of rotatable bonds is 9. The zero-order valence-corrected chi connectivity index (χ0v) is 18.6. The van der Waals surface area contributed by atoms with Gasteiger partial charge < -0.3 is 25.8 Å². The highest BCUT2D eigenvalue weighted by molar-refractivity contribution is 5.89. The first-order valence-corrected chi connectivity index (χ1v) is 10.5. The Labute approximate surface area is 178 Å². The number of carbonyl (C=O) groups is 1. The monoisotopic (exact) mass is 414 g/mol. The van der Waals surface area contributed by atoms with Crippen molar-refractivity contribution in [2.45, 2.75) is 65.6 Å². The molecule has 0 saturated heterocycles. The van der Waals surface area contributed by atoms with Crippen molar-refractivity contribution in [3.8, 4) is 0 Å². The molecule has 0 aliphatic carbocycles. The van der Waals surface area contributed by atoms with Crippen LogP contribution in [0.5, 0.6) is 0 Å². The Morgan fingerprint density at radius 2 is 1.77 bits per heavy atom. The van der Waals surface area contributed by atoms with Crippen LogP contribution in [0.25, 0.3) is 0 Å². The lowest BCUT2D eigenvalue weighted by Crippen LogP contribution is -2.36.